The van der Waals surface area contributed by atoms with Crippen LogP contribution in [-0.2, 0) is 31.5 Å². The van der Waals surface area contributed by atoms with Crippen molar-refractivity contribution in [1.29, 1.82) is 5.26 Å². The number of carbonyl (C=O) groups excluding carboxylic acids is 2. The molecule has 6 heterocycles. The number of hydrogen-bond donors (Lipinski definition) is 2. The normalized spacial score (nSPS) is 25.8. The number of carbonyl (C=O) groups is 2. The van der Waals surface area contributed by atoms with Gasteiger partial charge in [0.2, 0.25) is 5.91 Å². The maximum atomic E-state index is 16.2. The van der Waals surface area contributed by atoms with E-state index in [4.69, 9.17) is 14.2 Å². The maximum Gasteiger partial charge on any atom is 0.329 e. The first-order valence-corrected chi connectivity index (χ1v) is 24.0. The molecule has 18 nitrogen and oxygen atoms in total. The van der Waals surface area contributed by atoms with E-state index in [0.717, 1.165) is 55.0 Å². The molecule has 3 amide bonds. The number of piperidine rings is 1. The van der Waals surface area contributed by atoms with E-state index in [1.165, 1.54) is 36.5 Å². The molecular weight excluding hydrogens is 891 g/mol. The van der Waals surface area contributed by atoms with Crippen LogP contribution in [0.15, 0.2) is 53.6 Å². The molecule has 67 heavy (non-hydrogen) atoms. The van der Waals surface area contributed by atoms with Crippen LogP contribution in [0.5, 0.6) is 11.5 Å². The maximum absolute atomic E-state index is 16.2. The number of fused-ring (bicyclic) bond motifs is 4. The molecular formula is C46H50F2N10O8S. The number of morpholine rings is 1. The van der Waals surface area contributed by atoms with E-state index >= 15 is 8.78 Å². The number of amides is 3. The molecule has 2 unspecified atom stereocenters. The van der Waals surface area contributed by atoms with Gasteiger partial charge in [-0.1, -0.05) is 6.92 Å². The Balaban J connectivity index is 0.811. The van der Waals surface area contributed by atoms with Gasteiger partial charge in [0.1, 0.15) is 23.2 Å². The lowest BCUT2D eigenvalue weighted by atomic mass is 9.75. The molecule has 3 atom stereocenters. The van der Waals surface area contributed by atoms with E-state index in [1.54, 1.807) is 29.3 Å². The van der Waals surface area contributed by atoms with Crippen molar-refractivity contribution < 1.29 is 41.0 Å². The second-order valence-corrected chi connectivity index (χ2v) is 20.1. The summed E-state index contributed by atoms with van der Waals surface area (Å²) in [6.45, 7) is 3.41. The van der Waals surface area contributed by atoms with E-state index in [0.29, 0.717) is 54.0 Å². The summed E-state index contributed by atoms with van der Waals surface area (Å²) in [7, 11) is -0.899. The minimum atomic E-state index is -4.03. The highest BCUT2D eigenvalue weighted by Gasteiger charge is 2.49. The average Bonchev–Trinajstić information content (AvgIpc) is 3.86. The Morgan fingerprint density at radius 2 is 1.76 bits per heavy atom. The number of aryl methyl sites for hydroxylation is 1. The highest BCUT2D eigenvalue weighted by atomic mass is 32.2. The summed E-state index contributed by atoms with van der Waals surface area (Å²) in [4.78, 5) is 47.1. The van der Waals surface area contributed by atoms with Crippen LogP contribution < -0.4 is 25.2 Å². The van der Waals surface area contributed by atoms with Crippen LogP contribution in [0.4, 0.5) is 25.1 Å². The molecule has 1 saturated carbocycles. The van der Waals surface area contributed by atoms with Crippen LogP contribution >= 0.6 is 0 Å². The van der Waals surface area contributed by atoms with E-state index in [-0.39, 0.29) is 89.3 Å². The number of halogens is 2. The Morgan fingerprint density at radius 1 is 1.00 bits per heavy atom. The number of rotatable bonds is 10. The molecule has 4 saturated heterocycles. The molecule has 21 heteroatoms. The third kappa shape index (κ3) is 8.07. The van der Waals surface area contributed by atoms with Crippen molar-refractivity contribution in [3.63, 3.8) is 0 Å². The van der Waals surface area contributed by atoms with Gasteiger partial charge in [0.25, 0.3) is 5.56 Å². The van der Waals surface area contributed by atoms with Gasteiger partial charge < -0.3 is 14.2 Å². The largest absolute Gasteiger partial charge is 0.453 e. The van der Waals surface area contributed by atoms with Crippen LogP contribution in [0.1, 0.15) is 81.4 Å². The van der Waals surface area contributed by atoms with E-state index in [1.807, 2.05) is 12.1 Å². The Hall–Kier alpha value is -6.05. The monoisotopic (exact) mass is 940 g/mol. The van der Waals surface area contributed by atoms with Gasteiger partial charge in [0.15, 0.2) is 17.4 Å². The van der Waals surface area contributed by atoms with Gasteiger partial charge >= 0.3 is 16.2 Å². The number of aromatic nitrogens is 4. The highest BCUT2D eigenvalue weighted by Crippen LogP contribution is 2.48. The number of nitrogens with one attached hydrogen (secondary N) is 2. The zero-order valence-corrected chi connectivity index (χ0v) is 38.0. The molecule has 5 fully saturated rings. The lowest BCUT2D eigenvalue weighted by Crippen LogP contribution is -2.61. The van der Waals surface area contributed by atoms with Crippen molar-refractivity contribution in [3.8, 4) is 17.6 Å². The Morgan fingerprint density at radius 3 is 2.48 bits per heavy atom. The molecule has 352 valence electrons. The summed E-state index contributed by atoms with van der Waals surface area (Å²) in [5, 5.41) is 17.6. The Labute approximate surface area is 384 Å². The molecule has 4 aliphatic heterocycles. The number of hydrogen-bond acceptors (Lipinski definition) is 12. The van der Waals surface area contributed by atoms with Gasteiger partial charge in [-0.15, -0.1) is 0 Å². The fourth-order valence-corrected chi connectivity index (χ4v) is 11.9. The Kier molecular flexibility index (Phi) is 11.5. The summed E-state index contributed by atoms with van der Waals surface area (Å²) < 4.78 is 81.9. The second-order valence-electron chi connectivity index (χ2n) is 18.3. The molecule has 0 radical (unpaired) electrons. The van der Waals surface area contributed by atoms with Crippen LogP contribution in [-0.4, -0.2) is 113 Å². The minimum Gasteiger partial charge on any atom is -0.453 e. The van der Waals surface area contributed by atoms with Crippen molar-refractivity contribution in [1.82, 2.24) is 33.9 Å². The predicted octanol–water partition coefficient (Wildman–Crippen LogP) is 5.57. The minimum absolute atomic E-state index is 0.0390. The first-order valence-electron chi connectivity index (χ1n) is 22.6. The lowest BCUT2D eigenvalue weighted by molar-refractivity contribution is -0.120. The molecule has 1 aliphatic carbocycles. The zero-order valence-electron chi connectivity index (χ0n) is 37.2. The van der Waals surface area contributed by atoms with E-state index < -0.39 is 33.4 Å². The van der Waals surface area contributed by atoms with E-state index in [9.17, 15) is 28.1 Å². The third-order valence-corrected chi connectivity index (χ3v) is 16.0. The zero-order chi connectivity index (χ0) is 46.9. The first kappa shape index (κ1) is 44.8. The van der Waals surface area contributed by atoms with E-state index in [2.05, 4.69) is 25.0 Å². The van der Waals surface area contributed by atoms with Gasteiger partial charge in [0, 0.05) is 57.1 Å². The third-order valence-electron chi connectivity index (χ3n) is 14.4. The van der Waals surface area contributed by atoms with Crippen molar-refractivity contribution >= 4 is 55.5 Å². The molecule has 2 aromatic heterocycles. The van der Waals surface area contributed by atoms with Gasteiger partial charge in [-0.3, -0.25) is 38.7 Å². The fourth-order valence-electron chi connectivity index (χ4n) is 10.9. The van der Waals surface area contributed by atoms with Gasteiger partial charge in [-0.05, 0) is 98.9 Å². The number of anilines is 2. The van der Waals surface area contributed by atoms with Crippen LogP contribution in [0.25, 0.3) is 21.8 Å². The predicted molar refractivity (Wildman–Crippen MR) is 241 cm³/mol. The standard InChI is InChI=1S/C46H50F2N10O8S/c1-4-54(2)67(62,63)53-39-8-6-36(47)42(35(39)21-49)66-31-5-7-38-33(17-31)44(60)57(25-50-38)30-20-46(65-24-30)12-9-27(10-13-46)58-28-15-26(16-29(58)23-64-22-28)32-19-40-34(18-37(32)48)43(52-55(40)3)56-14-11-41(59)51-45(56)61/h5-8,17-19,25-30,53H,4,9-16,20,22-24H2,1-3H3,(H,51,59,61)/t26?,27?,28?,29?,30-,46?/m1/s1. The van der Waals surface area contributed by atoms with Crippen LogP contribution in [0.2, 0.25) is 0 Å². The SMILES string of the molecule is CCN(C)S(=O)(=O)Nc1ccc(F)c(Oc2ccc3ncn([C@H]4COC5(CCC(N6C7COCC6CC(c6cc8c(cc6F)c(N6CCC(=O)NC6=O)nn8C)C7)CC5)C4)c(=O)c3c2)c1C#N. The lowest BCUT2D eigenvalue weighted by Gasteiger charge is -2.54. The van der Waals surface area contributed by atoms with Gasteiger partial charge in [-0.2, -0.15) is 23.1 Å². The summed E-state index contributed by atoms with van der Waals surface area (Å²) in [5.74, 6) is -1.74. The average molecular weight is 941 g/mol. The van der Waals surface area contributed by atoms with Gasteiger partial charge in [0.05, 0.1) is 59.9 Å². The summed E-state index contributed by atoms with van der Waals surface area (Å²) >= 11 is 0. The van der Waals surface area contributed by atoms with Crippen molar-refractivity contribution in [3.05, 3.63) is 81.9 Å². The molecule has 3 aromatic carbocycles. The van der Waals surface area contributed by atoms with Crippen molar-refractivity contribution in [2.24, 2.45) is 7.05 Å². The second kappa shape index (κ2) is 17.2. The number of imide groups is 1. The number of urea groups is 1. The van der Waals surface area contributed by atoms with Crippen molar-refractivity contribution in [2.75, 3.05) is 49.6 Å². The summed E-state index contributed by atoms with van der Waals surface area (Å²) in [6, 6.07) is 11.5. The number of nitrogens with zero attached hydrogens (tertiary/aromatic N) is 8. The molecule has 5 aromatic rings. The summed E-state index contributed by atoms with van der Waals surface area (Å²) in [5.41, 5.74) is 0.458. The number of nitriles is 1. The Bertz CT molecular complexity index is 3030. The van der Waals surface area contributed by atoms with Crippen molar-refractivity contribution in [2.45, 2.75) is 94.0 Å². The highest BCUT2D eigenvalue weighted by molar-refractivity contribution is 7.90. The molecule has 1 spiro atoms. The molecule has 5 aliphatic rings. The number of ether oxygens (including phenoxy) is 3. The topological polar surface area (TPSA) is 206 Å². The molecule has 2 bridgehead atoms. The number of benzene rings is 3. The smallest absolute Gasteiger partial charge is 0.329 e. The molecule has 2 N–H and O–H groups in total. The van der Waals surface area contributed by atoms with Crippen LogP contribution in [0, 0.1) is 23.0 Å². The summed E-state index contributed by atoms with van der Waals surface area (Å²) in [6.07, 6.45) is 7.12. The molecule has 10 rings (SSSR count). The van der Waals surface area contributed by atoms with Gasteiger partial charge in [-0.25, -0.2) is 18.6 Å². The fraction of sp³-hybridized carbons (Fsp3) is 0.478. The van der Waals surface area contributed by atoms with Crippen LogP contribution in [0.3, 0.4) is 0 Å². The first-order chi connectivity index (χ1) is 32.2. The quantitative estimate of drug-likeness (QED) is 0.176.